The van der Waals surface area contributed by atoms with E-state index in [1.807, 2.05) is 12.3 Å². The molecule has 1 nitrogen and oxygen atoms in total. The van der Waals surface area contributed by atoms with Gasteiger partial charge in [0.25, 0.3) is 0 Å². The van der Waals surface area contributed by atoms with Crippen LogP contribution in [0.5, 0.6) is 0 Å². The van der Waals surface area contributed by atoms with Crippen LogP contribution in [0.15, 0.2) is 36.5 Å². The predicted molar refractivity (Wildman–Crippen MR) is 74.6 cm³/mol. The third-order valence-electron chi connectivity index (χ3n) is 3.02. The monoisotopic (exact) mass is 247 g/mol. The van der Waals surface area contributed by atoms with E-state index in [9.17, 15) is 0 Å². The summed E-state index contributed by atoms with van der Waals surface area (Å²) in [6, 6.07) is 10.6. The van der Waals surface area contributed by atoms with Gasteiger partial charge in [-0.25, -0.2) is 0 Å². The van der Waals surface area contributed by atoms with Crippen molar-refractivity contribution in [1.82, 2.24) is 4.98 Å². The fourth-order valence-corrected chi connectivity index (χ4v) is 2.38. The first-order valence-corrected chi connectivity index (χ1v) is 6.71. The van der Waals surface area contributed by atoms with Gasteiger partial charge >= 0.3 is 0 Å². The van der Waals surface area contributed by atoms with Crippen molar-refractivity contribution >= 4 is 22.5 Å². The number of hydrogen-bond donors (Lipinski definition) is 0. The van der Waals surface area contributed by atoms with Gasteiger partial charge in [0, 0.05) is 17.0 Å². The molecule has 0 fully saturated rings. The molecule has 1 unspecified atom stereocenters. The number of aryl methyl sites for hydroxylation is 1. The van der Waals surface area contributed by atoms with Crippen LogP contribution in [-0.4, -0.2) is 10.4 Å². The van der Waals surface area contributed by atoms with Crippen molar-refractivity contribution in [2.75, 3.05) is 0 Å². The van der Waals surface area contributed by atoms with E-state index >= 15 is 0 Å². The Labute approximate surface area is 108 Å². The fourth-order valence-electron chi connectivity index (χ4n) is 2.05. The normalized spacial score (nSPS) is 12.8. The lowest BCUT2D eigenvalue weighted by Gasteiger charge is -2.08. The van der Waals surface area contributed by atoms with Gasteiger partial charge in [-0.3, -0.25) is 4.98 Å². The molecule has 1 atom stereocenters. The van der Waals surface area contributed by atoms with Crippen LogP contribution < -0.4 is 0 Å². The van der Waals surface area contributed by atoms with Crippen LogP contribution in [0.2, 0.25) is 0 Å². The van der Waals surface area contributed by atoms with Gasteiger partial charge in [-0.05, 0) is 37.0 Å². The van der Waals surface area contributed by atoms with E-state index in [4.69, 9.17) is 11.6 Å². The fraction of sp³-hybridized carbons (Fsp3) is 0.400. The topological polar surface area (TPSA) is 12.9 Å². The zero-order valence-corrected chi connectivity index (χ0v) is 11.0. The molecule has 2 heteroatoms. The highest BCUT2D eigenvalue weighted by Gasteiger charge is 2.04. The molecule has 2 aromatic rings. The second-order valence-corrected chi connectivity index (χ2v) is 5.07. The zero-order chi connectivity index (χ0) is 12.1. The molecule has 0 amide bonds. The lowest BCUT2D eigenvalue weighted by atomic mass is 10.0. The molecule has 1 aromatic carbocycles. The second kappa shape index (κ2) is 6.02. The van der Waals surface area contributed by atoms with E-state index in [1.165, 1.54) is 10.9 Å². The van der Waals surface area contributed by atoms with E-state index in [2.05, 4.69) is 36.2 Å². The van der Waals surface area contributed by atoms with Gasteiger partial charge in [0.1, 0.15) is 0 Å². The number of fused-ring (bicyclic) bond motifs is 1. The van der Waals surface area contributed by atoms with Crippen LogP contribution in [0, 0.1) is 0 Å². The summed E-state index contributed by atoms with van der Waals surface area (Å²) < 4.78 is 0. The van der Waals surface area contributed by atoms with Gasteiger partial charge < -0.3 is 0 Å². The number of halogens is 1. The number of benzene rings is 1. The minimum atomic E-state index is 0.305. The van der Waals surface area contributed by atoms with E-state index < -0.39 is 0 Å². The summed E-state index contributed by atoms with van der Waals surface area (Å²) in [5.41, 5.74) is 2.41. The van der Waals surface area contributed by atoms with Crippen molar-refractivity contribution in [3.05, 3.63) is 42.1 Å². The maximum absolute atomic E-state index is 6.23. The Kier molecular flexibility index (Phi) is 4.38. The molecule has 1 aromatic heterocycles. The molecule has 0 aliphatic carbocycles. The lowest BCUT2D eigenvalue weighted by Crippen LogP contribution is -2.00. The van der Waals surface area contributed by atoms with Crippen LogP contribution >= 0.6 is 11.6 Å². The molecule has 0 bridgehead atoms. The van der Waals surface area contributed by atoms with Crippen LogP contribution in [0.3, 0.4) is 0 Å². The maximum atomic E-state index is 6.23. The van der Waals surface area contributed by atoms with Crippen molar-refractivity contribution in [3.8, 4) is 0 Å². The molecular weight excluding hydrogens is 230 g/mol. The minimum Gasteiger partial charge on any atom is -0.256 e. The smallest absolute Gasteiger partial charge is 0.0704 e. The van der Waals surface area contributed by atoms with Gasteiger partial charge in [0.05, 0.1) is 5.52 Å². The van der Waals surface area contributed by atoms with Gasteiger partial charge in [-0.1, -0.05) is 31.5 Å². The standard InChI is InChI=1S/C15H18ClN/c1-2-4-14(16)9-7-12-6-8-13-5-3-10-17-15(13)11-12/h3,5-6,8,10-11,14H,2,4,7,9H2,1H3. The Balaban J connectivity index is 2.04. The van der Waals surface area contributed by atoms with E-state index in [1.54, 1.807) is 0 Å². The molecule has 0 radical (unpaired) electrons. The average molecular weight is 248 g/mol. The highest BCUT2D eigenvalue weighted by atomic mass is 35.5. The first-order valence-electron chi connectivity index (χ1n) is 6.27. The molecule has 90 valence electrons. The van der Waals surface area contributed by atoms with Crippen molar-refractivity contribution in [2.24, 2.45) is 0 Å². The van der Waals surface area contributed by atoms with Gasteiger partial charge in [0.2, 0.25) is 0 Å². The number of alkyl halides is 1. The molecule has 1 heterocycles. The number of pyridine rings is 1. The van der Waals surface area contributed by atoms with Crippen molar-refractivity contribution < 1.29 is 0 Å². The van der Waals surface area contributed by atoms with Crippen LogP contribution in [0.1, 0.15) is 31.7 Å². The third kappa shape index (κ3) is 3.44. The first kappa shape index (κ1) is 12.4. The summed E-state index contributed by atoms with van der Waals surface area (Å²) in [6.07, 6.45) is 6.20. The summed E-state index contributed by atoms with van der Waals surface area (Å²) in [4.78, 5) is 4.37. The summed E-state index contributed by atoms with van der Waals surface area (Å²) in [6.45, 7) is 2.18. The van der Waals surface area contributed by atoms with Crippen LogP contribution in [-0.2, 0) is 6.42 Å². The maximum Gasteiger partial charge on any atom is 0.0704 e. The van der Waals surface area contributed by atoms with Crippen molar-refractivity contribution in [3.63, 3.8) is 0 Å². The Hall–Kier alpha value is -1.08. The van der Waals surface area contributed by atoms with Gasteiger partial charge in [-0.15, -0.1) is 11.6 Å². The highest BCUT2D eigenvalue weighted by molar-refractivity contribution is 6.20. The summed E-state index contributed by atoms with van der Waals surface area (Å²) in [5.74, 6) is 0. The van der Waals surface area contributed by atoms with Gasteiger partial charge in [-0.2, -0.15) is 0 Å². The van der Waals surface area contributed by atoms with Crippen molar-refractivity contribution in [1.29, 1.82) is 0 Å². The summed E-state index contributed by atoms with van der Waals surface area (Å²) >= 11 is 6.23. The molecular formula is C15H18ClN. The number of nitrogens with zero attached hydrogens (tertiary/aromatic N) is 1. The second-order valence-electron chi connectivity index (χ2n) is 4.46. The van der Waals surface area contributed by atoms with Crippen LogP contribution in [0.25, 0.3) is 10.9 Å². The molecule has 0 aliphatic heterocycles. The highest BCUT2D eigenvalue weighted by Crippen LogP contribution is 2.17. The molecule has 0 saturated carbocycles. The minimum absolute atomic E-state index is 0.305. The quantitative estimate of drug-likeness (QED) is 0.705. The summed E-state index contributed by atoms with van der Waals surface area (Å²) in [5, 5.41) is 1.51. The van der Waals surface area contributed by atoms with E-state index in [0.29, 0.717) is 5.38 Å². The zero-order valence-electron chi connectivity index (χ0n) is 10.2. The first-order chi connectivity index (χ1) is 8.29. The Morgan fingerprint density at radius 2 is 2.12 bits per heavy atom. The number of hydrogen-bond acceptors (Lipinski definition) is 1. The van der Waals surface area contributed by atoms with Crippen LogP contribution in [0.4, 0.5) is 0 Å². The van der Waals surface area contributed by atoms with Crippen molar-refractivity contribution in [2.45, 2.75) is 38.0 Å². The third-order valence-corrected chi connectivity index (χ3v) is 3.45. The molecule has 0 aliphatic rings. The molecule has 0 N–H and O–H groups in total. The Morgan fingerprint density at radius 1 is 1.24 bits per heavy atom. The Bertz CT molecular complexity index is 481. The predicted octanol–water partition coefficient (Wildman–Crippen LogP) is 4.57. The number of rotatable bonds is 5. The number of aromatic nitrogens is 1. The molecule has 0 saturated heterocycles. The molecule has 2 rings (SSSR count). The summed E-state index contributed by atoms with van der Waals surface area (Å²) in [7, 11) is 0. The van der Waals surface area contributed by atoms with E-state index in [-0.39, 0.29) is 0 Å². The van der Waals surface area contributed by atoms with E-state index in [0.717, 1.165) is 31.2 Å². The molecule has 17 heavy (non-hydrogen) atoms. The SMILES string of the molecule is CCCC(Cl)CCc1ccc2cccnc2c1. The average Bonchev–Trinajstić information content (AvgIpc) is 2.36. The lowest BCUT2D eigenvalue weighted by molar-refractivity contribution is 0.676. The van der Waals surface area contributed by atoms with Gasteiger partial charge in [0.15, 0.2) is 0 Å². The molecule has 0 spiro atoms. The largest absolute Gasteiger partial charge is 0.256 e. The Morgan fingerprint density at radius 3 is 2.94 bits per heavy atom.